The Morgan fingerprint density at radius 2 is 2.10 bits per heavy atom. The van der Waals surface area contributed by atoms with E-state index in [2.05, 4.69) is 6.92 Å². The lowest BCUT2D eigenvalue weighted by Gasteiger charge is -2.30. The van der Waals surface area contributed by atoms with Gasteiger partial charge in [-0.3, -0.25) is 9.69 Å². The summed E-state index contributed by atoms with van der Waals surface area (Å²) in [5.74, 6) is -1.53. The van der Waals surface area contributed by atoms with Crippen molar-refractivity contribution in [3.63, 3.8) is 0 Å². The first kappa shape index (κ1) is 15.4. The Morgan fingerprint density at radius 1 is 1.43 bits per heavy atom. The first-order valence-corrected chi connectivity index (χ1v) is 7.33. The highest BCUT2D eigenvalue weighted by Crippen LogP contribution is 2.36. The summed E-state index contributed by atoms with van der Waals surface area (Å²) >= 11 is 0. The van der Waals surface area contributed by atoms with Crippen LogP contribution in [0.1, 0.15) is 38.2 Å². The molecule has 5 nitrogen and oxygen atoms in total. The van der Waals surface area contributed by atoms with E-state index in [1.807, 2.05) is 25.1 Å². The topological polar surface area (TPSA) is 60.9 Å². The molecule has 0 spiro atoms. The van der Waals surface area contributed by atoms with Gasteiger partial charge >= 0.3 is 12.0 Å². The molecule has 2 amide bonds. The van der Waals surface area contributed by atoms with Gasteiger partial charge in [0.2, 0.25) is 0 Å². The van der Waals surface area contributed by atoms with Crippen LogP contribution in [-0.2, 0) is 4.79 Å². The minimum Gasteiger partial charge on any atom is -0.481 e. The van der Waals surface area contributed by atoms with E-state index >= 15 is 0 Å². The van der Waals surface area contributed by atoms with E-state index in [0.29, 0.717) is 5.69 Å². The number of benzene rings is 1. The third-order valence-corrected chi connectivity index (χ3v) is 4.17. The van der Waals surface area contributed by atoms with Crippen LogP contribution < -0.4 is 4.90 Å². The molecular formula is C16H22N2O3. The maximum absolute atomic E-state index is 12.7. The summed E-state index contributed by atoms with van der Waals surface area (Å²) in [5, 5.41) is 9.34. The number of carbonyl (C=O) groups is 2. The summed E-state index contributed by atoms with van der Waals surface area (Å²) in [5.41, 5.74) is 1.43. The molecule has 1 aromatic carbocycles. The van der Waals surface area contributed by atoms with Gasteiger partial charge in [-0.05, 0) is 25.0 Å². The highest BCUT2D eigenvalue weighted by molar-refractivity contribution is 5.98. The SMILES string of the molecule is CCCC(C)N(C)C(=O)N1CC(C(=O)O)c2ccccc21. The van der Waals surface area contributed by atoms with Gasteiger partial charge in [-0.1, -0.05) is 31.5 Å². The normalized spacial score (nSPS) is 18.2. The van der Waals surface area contributed by atoms with Gasteiger partial charge in [0.15, 0.2) is 0 Å². The number of carboxylic acid groups (broad SMARTS) is 1. The lowest BCUT2D eigenvalue weighted by Crippen LogP contribution is -2.45. The molecule has 0 bridgehead atoms. The summed E-state index contributed by atoms with van der Waals surface area (Å²) in [6.45, 7) is 4.30. The molecule has 2 rings (SSSR count). The van der Waals surface area contributed by atoms with Gasteiger partial charge in [0.25, 0.3) is 0 Å². The predicted molar refractivity (Wildman–Crippen MR) is 81.7 cm³/mol. The Labute approximate surface area is 125 Å². The number of carboxylic acids is 1. The Balaban J connectivity index is 2.25. The molecule has 21 heavy (non-hydrogen) atoms. The predicted octanol–water partition coefficient (Wildman–Crippen LogP) is 2.92. The van der Waals surface area contributed by atoms with E-state index in [1.54, 1.807) is 22.9 Å². The molecule has 0 aliphatic carbocycles. The second kappa shape index (κ2) is 6.16. The summed E-state index contributed by atoms with van der Waals surface area (Å²) < 4.78 is 0. The van der Waals surface area contributed by atoms with Crippen LogP contribution in [0.5, 0.6) is 0 Å². The fourth-order valence-corrected chi connectivity index (χ4v) is 2.79. The third-order valence-electron chi connectivity index (χ3n) is 4.17. The number of urea groups is 1. The number of fused-ring (bicyclic) bond motifs is 1. The highest BCUT2D eigenvalue weighted by Gasteiger charge is 2.37. The number of hydrogen-bond donors (Lipinski definition) is 1. The standard InChI is InChI=1S/C16H22N2O3/c1-4-7-11(2)17(3)16(21)18-10-13(15(19)20)12-8-5-6-9-14(12)18/h5-6,8-9,11,13H,4,7,10H2,1-3H3,(H,19,20). The highest BCUT2D eigenvalue weighted by atomic mass is 16.4. The summed E-state index contributed by atoms with van der Waals surface area (Å²) in [4.78, 5) is 27.3. The summed E-state index contributed by atoms with van der Waals surface area (Å²) in [7, 11) is 1.78. The van der Waals surface area contributed by atoms with Crippen molar-refractivity contribution in [1.29, 1.82) is 0 Å². The van der Waals surface area contributed by atoms with E-state index in [9.17, 15) is 14.7 Å². The zero-order valence-electron chi connectivity index (χ0n) is 12.7. The van der Waals surface area contributed by atoms with Crippen LogP contribution in [0.15, 0.2) is 24.3 Å². The van der Waals surface area contributed by atoms with Gasteiger partial charge in [0.05, 0.1) is 0 Å². The van der Waals surface area contributed by atoms with Gasteiger partial charge in [-0.15, -0.1) is 0 Å². The van der Waals surface area contributed by atoms with E-state index < -0.39 is 11.9 Å². The van der Waals surface area contributed by atoms with E-state index in [0.717, 1.165) is 18.4 Å². The van der Waals surface area contributed by atoms with Gasteiger partial charge in [0, 0.05) is 25.3 Å². The molecule has 2 atom stereocenters. The first-order chi connectivity index (χ1) is 9.97. The molecule has 114 valence electrons. The van der Waals surface area contributed by atoms with Crippen LogP contribution >= 0.6 is 0 Å². The zero-order valence-corrected chi connectivity index (χ0v) is 12.7. The summed E-state index contributed by atoms with van der Waals surface area (Å²) in [6, 6.07) is 7.25. The quantitative estimate of drug-likeness (QED) is 0.927. The summed E-state index contributed by atoms with van der Waals surface area (Å²) in [6.07, 6.45) is 1.94. The fraction of sp³-hybridized carbons (Fsp3) is 0.500. The second-order valence-corrected chi connectivity index (χ2v) is 5.59. The molecule has 1 aliphatic heterocycles. The minimum atomic E-state index is -0.887. The molecule has 1 aliphatic rings. The van der Waals surface area contributed by atoms with Crippen LogP contribution in [0.4, 0.5) is 10.5 Å². The van der Waals surface area contributed by atoms with Crippen molar-refractivity contribution < 1.29 is 14.7 Å². The second-order valence-electron chi connectivity index (χ2n) is 5.59. The lowest BCUT2D eigenvalue weighted by atomic mass is 10.0. The van der Waals surface area contributed by atoms with Crippen molar-refractivity contribution in [3.8, 4) is 0 Å². The average Bonchev–Trinajstić information content (AvgIpc) is 2.85. The van der Waals surface area contributed by atoms with Gasteiger partial charge in [-0.2, -0.15) is 0 Å². The van der Waals surface area contributed by atoms with Crippen LogP contribution in [0, 0.1) is 0 Å². The van der Waals surface area contributed by atoms with Crippen LogP contribution in [0.2, 0.25) is 0 Å². The number of rotatable bonds is 4. The molecule has 0 fully saturated rings. The van der Waals surface area contributed by atoms with Crippen molar-refractivity contribution in [2.75, 3.05) is 18.5 Å². The van der Waals surface area contributed by atoms with Gasteiger partial charge in [0.1, 0.15) is 5.92 Å². The monoisotopic (exact) mass is 290 g/mol. The number of anilines is 1. The van der Waals surface area contributed by atoms with Crippen molar-refractivity contribution in [3.05, 3.63) is 29.8 Å². The zero-order chi connectivity index (χ0) is 15.6. The minimum absolute atomic E-state index is 0.132. The number of carbonyl (C=O) groups excluding carboxylic acids is 1. The number of amides is 2. The van der Waals surface area contributed by atoms with E-state index in [-0.39, 0.29) is 18.6 Å². The molecule has 1 aromatic rings. The number of aliphatic carboxylic acids is 1. The maximum atomic E-state index is 12.7. The number of nitrogens with zero attached hydrogens (tertiary/aromatic N) is 2. The van der Waals surface area contributed by atoms with Crippen molar-refractivity contribution in [2.24, 2.45) is 0 Å². The van der Waals surface area contributed by atoms with E-state index in [1.165, 1.54) is 0 Å². The molecule has 1 N–H and O–H groups in total. The van der Waals surface area contributed by atoms with Crippen LogP contribution in [-0.4, -0.2) is 41.6 Å². The van der Waals surface area contributed by atoms with Crippen molar-refractivity contribution in [2.45, 2.75) is 38.6 Å². The fourth-order valence-electron chi connectivity index (χ4n) is 2.79. The van der Waals surface area contributed by atoms with Crippen molar-refractivity contribution >= 4 is 17.7 Å². The van der Waals surface area contributed by atoms with Crippen LogP contribution in [0.3, 0.4) is 0 Å². The molecule has 0 saturated carbocycles. The Morgan fingerprint density at radius 3 is 2.71 bits per heavy atom. The Kier molecular flexibility index (Phi) is 4.50. The van der Waals surface area contributed by atoms with Crippen LogP contribution in [0.25, 0.3) is 0 Å². The lowest BCUT2D eigenvalue weighted by molar-refractivity contribution is -0.138. The first-order valence-electron chi connectivity index (χ1n) is 7.33. The maximum Gasteiger partial charge on any atom is 0.324 e. The van der Waals surface area contributed by atoms with Gasteiger partial charge in [-0.25, -0.2) is 4.79 Å². The molecular weight excluding hydrogens is 268 g/mol. The van der Waals surface area contributed by atoms with Gasteiger partial charge < -0.3 is 10.0 Å². The Hall–Kier alpha value is -2.04. The molecule has 0 radical (unpaired) electrons. The average molecular weight is 290 g/mol. The molecule has 5 heteroatoms. The smallest absolute Gasteiger partial charge is 0.324 e. The molecule has 0 aromatic heterocycles. The molecule has 0 saturated heterocycles. The van der Waals surface area contributed by atoms with Crippen molar-refractivity contribution in [1.82, 2.24) is 4.90 Å². The van der Waals surface area contributed by atoms with E-state index in [4.69, 9.17) is 0 Å². The number of para-hydroxylation sites is 1. The Bertz CT molecular complexity index is 544. The number of hydrogen-bond acceptors (Lipinski definition) is 2. The molecule has 1 heterocycles. The largest absolute Gasteiger partial charge is 0.481 e. The third kappa shape index (κ3) is 2.86. The molecule has 2 unspecified atom stereocenters.